The van der Waals surface area contributed by atoms with E-state index in [9.17, 15) is 13.2 Å². The zero-order chi connectivity index (χ0) is 14.6. The van der Waals surface area contributed by atoms with Crippen LogP contribution in [-0.2, 0) is 0 Å². The molecule has 0 aliphatic heterocycles. The number of halogens is 4. The predicted molar refractivity (Wildman–Crippen MR) is 69.7 cm³/mol. The molecular weight excluding hydrogens is 327 g/mol. The Bertz CT molecular complexity index is 438. The molecule has 7 heteroatoms. The Morgan fingerprint density at radius 2 is 1.89 bits per heavy atom. The van der Waals surface area contributed by atoms with Crippen molar-refractivity contribution in [3.8, 4) is 11.5 Å². The molecule has 1 aromatic carbocycles. The van der Waals surface area contributed by atoms with E-state index in [0.29, 0.717) is 21.5 Å². The fourth-order valence-electron chi connectivity index (χ4n) is 1.79. The van der Waals surface area contributed by atoms with Crippen LogP contribution in [0.1, 0.15) is 18.0 Å². The van der Waals surface area contributed by atoms with Gasteiger partial charge in [0, 0.05) is 11.6 Å². The molecular formula is C12H15BrF3NO2. The van der Waals surface area contributed by atoms with Gasteiger partial charge in [0.1, 0.15) is 16.0 Å². The summed E-state index contributed by atoms with van der Waals surface area (Å²) >= 11 is 3.27. The van der Waals surface area contributed by atoms with E-state index >= 15 is 0 Å². The molecule has 0 spiro atoms. The Kier molecular flexibility index (Phi) is 5.49. The molecule has 19 heavy (non-hydrogen) atoms. The quantitative estimate of drug-likeness (QED) is 0.886. The Morgan fingerprint density at radius 3 is 2.32 bits per heavy atom. The molecule has 1 aromatic rings. The summed E-state index contributed by atoms with van der Waals surface area (Å²) in [5.41, 5.74) is 0.426. The van der Waals surface area contributed by atoms with E-state index in [1.165, 1.54) is 21.3 Å². The summed E-state index contributed by atoms with van der Waals surface area (Å²) in [6, 6.07) is 2.29. The molecule has 0 aliphatic carbocycles. The molecule has 0 radical (unpaired) electrons. The van der Waals surface area contributed by atoms with Gasteiger partial charge in [0.2, 0.25) is 0 Å². The van der Waals surface area contributed by atoms with Gasteiger partial charge in [0.05, 0.1) is 20.6 Å². The van der Waals surface area contributed by atoms with Crippen molar-refractivity contribution >= 4 is 15.9 Å². The number of methoxy groups -OCH3 is 2. The molecule has 0 saturated heterocycles. The van der Waals surface area contributed by atoms with E-state index in [-0.39, 0.29) is 0 Å². The van der Waals surface area contributed by atoms with Crippen molar-refractivity contribution in [1.29, 1.82) is 0 Å². The van der Waals surface area contributed by atoms with Crippen molar-refractivity contribution in [2.45, 2.75) is 18.6 Å². The van der Waals surface area contributed by atoms with Crippen LogP contribution in [-0.4, -0.2) is 27.4 Å². The number of hydrogen-bond donors (Lipinski definition) is 1. The molecule has 0 amide bonds. The largest absolute Gasteiger partial charge is 0.495 e. The normalized spacial score (nSPS) is 13.2. The van der Waals surface area contributed by atoms with E-state index in [0.717, 1.165) is 0 Å². The number of rotatable bonds is 5. The minimum atomic E-state index is -4.26. The summed E-state index contributed by atoms with van der Waals surface area (Å²) in [5, 5.41) is 2.65. The lowest BCUT2D eigenvalue weighted by Crippen LogP contribution is -2.24. The van der Waals surface area contributed by atoms with E-state index in [4.69, 9.17) is 9.47 Å². The third-order valence-electron chi connectivity index (χ3n) is 2.68. The standard InChI is InChI=1S/C12H15BrF3NO2/c1-17-8(6-12(14,15)16)7-4-5-9(18-2)10(13)11(7)19-3/h4-5,8,17H,6H2,1-3H3. The lowest BCUT2D eigenvalue weighted by Gasteiger charge is -2.22. The lowest BCUT2D eigenvalue weighted by atomic mass is 10.0. The molecule has 3 nitrogen and oxygen atoms in total. The molecule has 108 valence electrons. The monoisotopic (exact) mass is 341 g/mol. The van der Waals surface area contributed by atoms with E-state index in [2.05, 4.69) is 21.2 Å². The van der Waals surface area contributed by atoms with Crippen LogP contribution in [0, 0.1) is 0 Å². The Balaban J connectivity index is 3.21. The summed E-state index contributed by atoms with van der Waals surface area (Å²) < 4.78 is 48.4. The van der Waals surface area contributed by atoms with Gasteiger partial charge in [0.15, 0.2) is 0 Å². The first-order chi connectivity index (χ1) is 8.84. The summed E-state index contributed by atoms with van der Waals surface area (Å²) in [5.74, 6) is 0.838. The third-order valence-corrected chi connectivity index (χ3v) is 3.43. The predicted octanol–water partition coefficient (Wildman–Crippen LogP) is 3.68. The van der Waals surface area contributed by atoms with Crippen molar-refractivity contribution in [3.63, 3.8) is 0 Å². The van der Waals surface area contributed by atoms with Crippen LogP contribution in [0.3, 0.4) is 0 Å². The van der Waals surface area contributed by atoms with Crippen LogP contribution in [0.5, 0.6) is 11.5 Å². The molecule has 0 saturated carbocycles. The van der Waals surface area contributed by atoms with Crippen LogP contribution >= 0.6 is 15.9 Å². The minimum Gasteiger partial charge on any atom is -0.495 e. The number of alkyl halides is 3. The summed E-state index contributed by atoms with van der Waals surface area (Å²) in [4.78, 5) is 0. The Hall–Kier alpha value is -0.950. The SMILES string of the molecule is CNC(CC(F)(F)F)c1ccc(OC)c(Br)c1OC. The van der Waals surface area contributed by atoms with E-state index in [1.807, 2.05) is 0 Å². The molecule has 0 bridgehead atoms. The summed E-state index contributed by atoms with van der Waals surface area (Å²) in [6.45, 7) is 0. The second-order valence-electron chi connectivity index (χ2n) is 3.86. The van der Waals surface area contributed by atoms with Gasteiger partial charge < -0.3 is 14.8 Å². The van der Waals surface area contributed by atoms with Crippen molar-refractivity contribution in [3.05, 3.63) is 22.2 Å². The number of benzene rings is 1. The third kappa shape index (κ3) is 4.01. The van der Waals surface area contributed by atoms with Crippen LogP contribution in [0.2, 0.25) is 0 Å². The van der Waals surface area contributed by atoms with Gasteiger partial charge in [-0.05, 0) is 35.1 Å². The first kappa shape index (κ1) is 16.1. The van der Waals surface area contributed by atoms with Crippen molar-refractivity contribution in [1.82, 2.24) is 5.32 Å². The maximum absolute atomic E-state index is 12.5. The van der Waals surface area contributed by atoms with Crippen LogP contribution < -0.4 is 14.8 Å². The smallest absolute Gasteiger partial charge is 0.390 e. The zero-order valence-electron chi connectivity index (χ0n) is 10.8. The Morgan fingerprint density at radius 1 is 1.26 bits per heavy atom. The maximum atomic E-state index is 12.5. The topological polar surface area (TPSA) is 30.5 Å². The molecule has 0 fully saturated rings. The maximum Gasteiger partial charge on any atom is 0.390 e. The van der Waals surface area contributed by atoms with Crippen molar-refractivity contribution in [2.75, 3.05) is 21.3 Å². The second-order valence-corrected chi connectivity index (χ2v) is 4.66. The van der Waals surface area contributed by atoms with Crippen molar-refractivity contribution in [2.24, 2.45) is 0 Å². The Labute approximate surface area is 118 Å². The second kappa shape index (κ2) is 6.47. The van der Waals surface area contributed by atoms with Crippen LogP contribution in [0.25, 0.3) is 0 Å². The van der Waals surface area contributed by atoms with Gasteiger partial charge in [0.25, 0.3) is 0 Å². The highest BCUT2D eigenvalue weighted by molar-refractivity contribution is 9.10. The minimum absolute atomic E-state index is 0.336. The summed E-state index contributed by atoms with van der Waals surface area (Å²) in [7, 11) is 4.36. The molecule has 1 N–H and O–H groups in total. The van der Waals surface area contributed by atoms with Crippen LogP contribution in [0.15, 0.2) is 16.6 Å². The highest BCUT2D eigenvalue weighted by Gasteiger charge is 2.33. The van der Waals surface area contributed by atoms with Gasteiger partial charge in [-0.3, -0.25) is 0 Å². The van der Waals surface area contributed by atoms with Gasteiger partial charge in [-0.1, -0.05) is 0 Å². The van der Waals surface area contributed by atoms with Gasteiger partial charge in [-0.2, -0.15) is 13.2 Å². The molecule has 1 atom stereocenters. The van der Waals surface area contributed by atoms with E-state index < -0.39 is 18.6 Å². The van der Waals surface area contributed by atoms with Gasteiger partial charge in [-0.15, -0.1) is 0 Å². The highest BCUT2D eigenvalue weighted by Crippen LogP contribution is 2.42. The fraction of sp³-hybridized carbons (Fsp3) is 0.500. The van der Waals surface area contributed by atoms with E-state index in [1.54, 1.807) is 12.1 Å². The molecule has 0 aromatic heterocycles. The van der Waals surface area contributed by atoms with Crippen LogP contribution in [0.4, 0.5) is 13.2 Å². The average Bonchev–Trinajstić information content (AvgIpc) is 2.34. The molecule has 1 rings (SSSR count). The number of hydrogen-bond acceptors (Lipinski definition) is 3. The number of ether oxygens (including phenoxy) is 2. The first-order valence-corrected chi connectivity index (χ1v) is 6.27. The fourth-order valence-corrected chi connectivity index (χ4v) is 2.48. The molecule has 1 unspecified atom stereocenters. The van der Waals surface area contributed by atoms with Gasteiger partial charge >= 0.3 is 6.18 Å². The molecule has 0 heterocycles. The summed E-state index contributed by atoms with van der Waals surface area (Å²) in [6.07, 6.45) is -5.23. The average molecular weight is 342 g/mol. The lowest BCUT2D eigenvalue weighted by molar-refractivity contribution is -0.140. The zero-order valence-corrected chi connectivity index (χ0v) is 12.4. The van der Waals surface area contributed by atoms with Crippen molar-refractivity contribution < 1.29 is 22.6 Å². The first-order valence-electron chi connectivity index (χ1n) is 5.48. The molecule has 0 aliphatic rings. The van der Waals surface area contributed by atoms with Gasteiger partial charge in [-0.25, -0.2) is 0 Å². The highest BCUT2D eigenvalue weighted by atomic mass is 79.9. The number of nitrogens with one attached hydrogen (secondary N) is 1.